The van der Waals surface area contributed by atoms with Crippen LogP contribution in [-0.2, 0) is 20.1 Å². The molecule has 6 nitrogen and oxygen atoms in total. The first-order chi connectivity index (χ1) is 8.63. The molecule has 0 unspecified atom stereocenters. The molecule has 2 heterocycles. The molecule has 0 saturated heterocycles. The predicted molar refractivity (Wildman–Crippen MR) is 69.7 cm³/mol. The summed E-state index contributed by atoms with van der Waals surface area (Å²) in [7, 11) is 3.49. The monoisotopic (exact) mass is 249 g/mol. The number of methoxy groups -OCH3 is 1. The summed E-state index contributed by atoms with van der Waals surface area (Å²) in [5, 5.41) is 11.9. The van der Waals surface area contributed by atoms with Crippen LogP contribution >= 0.6 is 0 Å². The Kier molecular flexibility index (Phi) is 3.55. The van der Waals surface area contributed by atoms with Crippen LogP contribution in [0.3, 0.4) is 0 Å². The van der Waals surface area contributed by atoms with E-state index in [1.807, 2.05) is 24.9 Å². The summed E-state index contributed by atoms with van der Waals surface area (Å²) < 4.78 is 8.86. The quantitative estimate of drug-likeness (QED) is 0.873. The highest BCUT2D eigenvalue weighted by molar-refractivity contribution is 5.51. The molecular weight excluding hydrogens is 230 g/mol. The van der Waals surface area contributed by atoms with E-state index in [0.717, 1.165) is 17.9 Å². The molecule has 0 fully saturated rings. The first kappa shape index (κ1) is 12.5. The molecular formula is C12H19N5O. The maximum absolute atomic E-state index is 5.20. The molecule has 0 spiro atoms. The molecule has 18 heavy (non-hydrogen) atoms. The summed E-state index contributed by atoms with van der Waals surface area (Å²) in [5.41, 5.74) is 3.12. The van der Waals surface area contributed by atoms with Gasteiger partial charge in [0, 0.05) is 31.9 Å². The first-order valence-electron chi connectivity index (χ1n) is 5.98. The molecule has 2 rings (SSSR count). The van der Waals surface area contributed by atoms with E-state index in [2.05, 4.69) is 28.6 Å². The smallest absolute Gasteiger partial charge is 0.256 e. The van der Waals surface area contributed by atoms with Crippen LogP contribution in [-0.4, -0.2) is 26.7 Å². The Labute approximate surface area is 107 Å². The summed E-state index contributed by atoms with van der Waals surface area (Å²) in [4.78, 5) is 0. The van der Waals surface area contributed by atoms with Gasteiger partial charge < -0.3 is 10.1 Å². The van der Waals surface area contributed by atoms with Gasteiger partial charge in [-0.3, -0.25) is 9.36 Å². The minimum Gasteiger partial charge on any atom is -0.478 e. The molecule has 6 heteroatoms. The SMILES string of the molecule is CCn1cc(CNc2cn(C)nc2OC)c(C)n1. The fourth-order valence-corrected chi connectivity index (χ4v) is 1.83. The van der Waals surface area contributed by atoms with Crippen LogP contribution in [0.2, 0.25) is 0 Å². The zero-order chi connectivity index (χ0) is 13.1. The molecule has 0 aliphatic rings. The second kappa shape index (κ2) is 5.12. The van der Waals surface area contributed by atoms with Crippen LogP contribution in [0.1, 0.15) is 18.2 Å². The molecule has 0 bridgehead atoms. The largest absolute Gasteiger partial charge is 0.478 e. The van der Waals surface area contributed by atoms with Gasteiger partial charge in [0.2, 0.25) is 0 Å². The second-order valence-electron chi connectivity index (χ2n) is 4.17. The number of hydrogen-bond donors (Lipinski definition) is 1. The van der Waals surface area contributed by atoms with Gasteiger partial charge in [-0.15, -0.1) is 5.10 Å². The average molecular weight is 249 g/mol. The lowest BCUT2D eigenvalue weighted by atomic mass is 10.2. The van der Waals surface area contributed by atoms with Gasteiger partial charge in [-0.2, -0.15) is 5.10 Å². The minimum atomic E-state index is 0.609. The third-order valence-corrected chi connectivity index (χ3v) is 2.83. The standard InChI is InChI=1S/C12H19N5O/c1-5-17-7-10(9(2)14-17)6-13-11-8-16(3)15-12(11)18-4/h7-8,13H,5-6H2,1-4H3. The van der Waals surface area contributed by atoms with Crippen molar-refractivity contribution in [3.63, 3.8) is 0 Å². The molecule has 98 valence electrons. The first-order valence-corrected chi connectivity index (χ1v) is 5.98. The van der Waals surface area contributed by atoms with E-state index in [1.54, 1.807) is 11.8 Å². The number of aryl methyl sites for hydroxylation is 3. The number of anilines is 1. The Morgan fingerprint density at radius 2 is 2.11 bits per heavy atom. The van der Waals surface area contributed by atoms with Gasteiger partial charge in [-0.05, 0) is 13.8 Å². The van der Waals surface area contributed by atoms with Crippen LogP contribution in [0.5, 0.6) is 5.88 Å². The third-order valence-electron chi connectivity index (χ3n) is 2.83. The molecule has 0 amide bonds. The minimum absolute atomic E-state index is 0.609. The van der Waals surface area contributed by atoms with Crippen LogP contribution in [0.15, 0.2) is 12.4 Å². The molecule has 0 radical (unpaired) electrons. The van der Waals surface area contributed by atoms with Crippen molar-refractivity contribution in [3.05, 3.63) is 23.7 Å². The van der Waals surface area contributed by atoms with Crippen molar-refractivity contribution in [2.24, 2.45) is 7.05 Å². The fraction of sp³-hybridized carbons (Fsp3) is 0.500. The van der Waals surface area contributed by atoms with Crippen molar-refractivity contribution in [2.45, 2.75) is 26.9 Å². The van der Waals surface area contributed by atoms with E-state index in [0.29, 0.717) is 12.4 Å². The predicted octanol–water partition coefficient (Wildman–Crippen LogP) is 1.57. The summed E-state index contributed by atoms with van der Waals surface area (Å²) >= 11 is 0. The summed E-state index contributed by atoms with van der Waals surface area (Å²) in [6, 6.07) is 0. The van der Waals surface area contributed by atoms with E-state index in [4.69, 9.17) is 4.74 Å². The zero-order valence-corrected chi connectivity index (χ0v) is 11.3. The molecule has 0 aliphatic heterocycles. The van der Waals surface area contributed by atoms with Gasteiger partial charge in [-0.1, -0.05) is 0 Å². The lowest BCUT2D eigenvalue weighted by Gasteiger charge is -2.04. The zero-order valence-electron chi connectivity index (χ0n) is 11.3. The van der Waals surface area contributed by atoms with E-state index in [9.17, 15) is 0 Å². The van der Waals surface area contributed by atoms with Crippen LogP contribution in [0, 0.1) is 6.92 Å². The molecule has 2 aromatic rings. The number of hydrogen-bond acceptors (Lipinski definition) is 4. The Bertz CT molecular complexity index is 529. The van der Waals surface area contributed by atoms with Crippen molar-refractivity contribution in [2.75, 3.05) is 12.4 Å². The second-order valence-corrected chi connectivity index (χ2v) is 4.17. The van der Waals surface area contributed by atoms with Crippen LogP contribution in [0.4, 0.5) is 5.69 Å². The Hall–Kier alpha value is -1.98. The molecule has 2 aromatic heterocycles. The van der Waals surface area contributed by atoms with Crippen molar-refractivity contribution in [1.82, 2.24) is 19.6 Å². The number of nitrogens with zero attached hydrogens (tertiary/aromatic N) is 4. The third kappa shape index (κ3) is 2.47. The Morgan fingerprint density at radius 3 is 2.72 bits per heavy atom. The maximum atomic E-state index is 5.20. The summed E-state index contributed by atoms with van der Waals surface area (Å²) in [6.07, 6.45) is 3.96. The van der Waals surface area contributed by atoms with Gasteiger partial charge in [0.1, 0.15) is 5.69 Å². The van der Waals surface area contributed by atoms with Gasteiger partial charge >= 0.3 is 0 Å². The van der Waals surface area contributed by atoms with E-state index in [-0.39, 0.29) is 0 Å². The molecule has 1 N–H and O–H groups in total. The Balaban J connectivity index is 2.08. The molecule has 0 aliphatic carbocycles. The van der Waals surface area contributed by atoms with E-state index in [1.165, 1.54) is 5.56 Å². The summed E-state index contributed by atoms with van der Waals surface area (Å²) in [6.45, 7) is 5.70. The topological polar surface area (TPSA) is 56.9 Å². The van der Waals surface area contributed by atoms with Crippen molar-refractivity contribution in [1.29, 1.82) is 0 Å². The fourth-order valence-electron chi connectivity index (χ4n) is 1.83. The molecule has 0 atom stereocenters. The van der Waals surface area contributed by atoms with Gasteiger partial charge in [0.25, 0.3) is 5.88 Å². The lowest BCUT2D eigenvalue weighted by Crippen LogP contribution is -2.00. The number of rotatable bonds is 5. The number of ether oxygens (including phenoxy) is 1. The van der Waals surface area contributed by atoms with Gasteiger partial charge in [-0.25, -0.2) is 0 Å². The van der Waals surface area contributed by atoms with Crippen molar-refractivity contribution < 1.29 is 4.74 Å². The highest BCUT2D eigenvalue weighted by atomic mass is 16.5. The maximum Gasteiger partial charge on any atom is 0.256 e. The lowest BCUT2D eigenvalue weighted by molar-refractivity contribution is 0.393. The highest BCUT2D eigenvalue weighted by Crippen LogP contribution is 2.22. The van der Waals surface area contributed by atoms with E-state index >= 15 is 0 Å². The van der Waals surface area contributed by atoms with Crippen molar-refractivity contribution >= 4 is 5.69 Å². The Morgan fingerprint density at radius 1 is 1.33 bits per heavy atom. The number of nitrogens with one attached hydrogen (secondary N) is 1. The highest BCUT2D eigenvalue weighted by Gasteiger charge is 2.09. The average Bonchev–Trinajstić information content (AvgIpc) is 2.89. The van der Waals surface area contributed by atoms with E-state index < -0.39 is 0 Å². The molecule has 0 saturated carbocycles. The van der Waals surface area contributed by atoms with Gasteiger partial charge in [0.15, 0.2) is 0 Å². The van der Waals surface area contributed by atoms with Crippen LogP contribution in [0.25, 0.3) is 0 Å². The van der Waals surface area contributed by atoms with Crippen molar-refractivity contribution in [3.8, 4) is 5.88 Å². The normalized spacial score (nSPS) is 10.7. The molecule has 0 aromatic carbocycles. The summed E-state index contributed by atoms with van der Waals surface area (Å²) in [5.74, 6) is 0.609. The number of aromatic nitrogens is 4. The van der Waals surface area contributed by atoms with Gasteiger partial charge in [0.05, 0.1) is 19.0 Å². The van der Waals surface area contributed by atoms with Crippen LogP contribution < -0.4 is 10.1 Å².